The molecule has 0 aliphatic heterocycles. The first-order valence-electron chi connectivity index (χ1n) is 4.55. The van der Waals surface area contributed by atoms with Gasteiger partial charge in [0.25, 0.3) is 0 Å². The molecule has 1 heterocycles. The van der Waals surface area contributed by atoms with Gasteiger partial charge >= 0.3 is 0 Å². The summed E-state index contributed by atoms with van der Waals surface area (Å²) in [6.07, 6.45) is 7.12. The molecule has 0 unspecified atom stereocenters. The van der Waals surface area contributed by atoms with Crippen molar-refractivity contribution in [2.45, 2.75) is 25.7 Å². The molecule has 1 aromatic rings. The van der Waals surface area contributed by atoms with Crippen LogP contribution in [0.15, 0.2) is 12.3 Å². The van der Waals surface area contributed by atoms with E-state index in [4.69, 9.17) is 0 Å². The summed E-state index contributed by atoms with van der Waals surface area (Å²) in [4.78, 5) is 4.30. The fraction of sp³-hybridized carbons (Fsp3) is 0.500. The van der Waals surface area contributed by atoms with Crippen molar-refractivity contribution in [2.24, 2.45) is 0 Å². The van der Waals surface area contributed by atoms with Crippen LogP contribution in [0.5, 0.6) is 0 Å². The van der Waals surface area contributed by atoms with Gasteiger partial charge < -0.3 is 5.32 Å². The maximum Gasteiger partial charge on any atom is 0.125 e. The number of aryl methyl sites for hydroxylation is 2. The lowest BCUT2D eigenvalue weighted by molar-refractivity contribution is 0.682. The Morgan fingerprint density at radius 1 is 1.25 bits per heavy atom. The molecule has 1 N–H and O–H groups in total. The van der Waals surface area contributed by atoms with Gasteiger partial charge in [0.1, 0.15) is 5.82 Å². The summed E-state index contributed by atoms with van der Waals surface area (Å²) in [6.45, 7) is 0. The minimum absolute atomic E-state index is 0.996. The molecule has 12 heavy (non-hydrogen) atoms. The summed E-state index contributed by atoms with van der Waals surface area (Å²) in [5.41, 5.74) is 2.93. The molecule has 64 valence electrons. The smallest absolute Gasteiger partial charge is 0.125 e. The van der Waals surface area contributed by atoms with E-state index in [0.717, 1.165) is 5.82 Å². The predicted molar refractivity (Wildman–Crippen MR) is 50.4 cm³/mol. The highest BCUT2D eigenvalue weighted by molar-refractivity contribution is 5.41. The Balaban J connectivity index is 2.36. The van der Waals surface area contributed by atoms with Gasteiger partial charge in [-0.05, 0) is 42.9 Å². The Bertz CT molecular complexity index is 281. The number of hydrogen-bond acceptors (Lipinski definition) is 2. The second kappa shape index (κ2) is 3.13. The second-order valence-corrected chi connectivity index (χ2v) is 3.30. The van der Waals surface area contributed by atoms with E-state index in [9.17, 15) is 0 Å². The van der Waals surface area contributed by atoms with Crippen LogP contribution in [0.3, 0.4) is 0 Å². The van der Waals surface area contributed by atoms with Crippen LogP contribution in [-0.2, 0) is 12.8 Å². The summed E-state index contributed by atoms with van der Waals surface area (Å²) in [5, 5.41) is 3.07. The van der Waals surface area contributed by atoms with E-state index in [-0.39, 0.29) is 0 Å². The van der Waals surface area contributed by atoms with Crippen molar-refractivity contribution in [3.05, 3.63) is 23.4 Å². The Labute approximate surface area is 73.0 Å². The molecule has 1 aromatic heterocycles. The van der Waals surface area contributed by atoms with Crippen LogP contribution < -0.4 is 5.32 Å². The molecule has 1 aliphatic carbocycles. The van der Waals surface area contributed by atoms with E-state index in [2.05, 4.69) is 16.4 Å². The molecule has 0 amide bonds. The van der Waals surface area contributed by atoms with Crippen LogP contribution in [0.2, 0.25) is 0 Å². The molecule has 0 radical (unpaired) electrons. The standard InChI is InChI=1S/C10H14N2/c1-11-10-6-8-4-2-3-5-9(8)7-12-10/h6-7H,2-5H2,1H3,(H,11,12). The molecule has 0 atom stereocenters. The molecule has 1 aliphatic rings. The molecule has 0 saturated carbocycles. The van der Waals surface area contributed by atoms with Crippen molar-refractivity contribution in [3.63, 3.8) is 0 Å². The van der Waals surface area contributed by atoms with E-state index >= 15 is 0 Å². The topological polar surface area (TPSA) is 24.9 Å². The van der Waals surface area contributed by atoms with Gasteiger partial charge in [0, 0.05) is 13.2 Å². The number of rotatable bonds is 1. The average molecular weight is 162 g/mol. The zero-order chi connectivity index (χ0) is 8.39. The highest BCUT2D eigenvalue weighted by Gasteiger charge is 2.09. The van der Waals surface area contributed by atoms with Crippen LogP contribution in [0, 0.1) is 0 Å². The number of pyridine rings is 1. The van der Waals surface area contributed by atoms with Gasteiger partial charge in [-0.2, -0.15) is 0 Å². The highest BCUT2D eigenvalue weighted by atomic mass is 14.9. The number of nitrogens with zero attached hydrogens (tertiary/aromatic N) is 1. The van der Waals surface area contributed by atoms with Crippen molar-refractivity contribution in [3.8, 4) is 0 Å². The lowest BCUT2D eigenvalue weighted by atomic mass is 9.93. The van der Waals surface area contributed by atoms with Gasteiger partial charge in [0.15, 0.2) is 0 Å². The summed E-state index contributed by atoms with van der Waals surface area (Å²) in [6, 6.07) is 2.18. The monoisotopic (exact) mass is 162 g/mol. The highest BCUT2D eigenvalue weighted by Crippen LogP contribution is 2.21. The first-order chi connectivity index (χ1) is 5.90. The lowest BCUT2D eigenvalue weighted by Gasteiger charge is -2.15. The SMILES string of the molecule is CNc1cc2c(cn1)CCCC2. The summed E-state index contributed by atoms with van der Waals surface area (Å²) in [5.74, 6) is 0.996. The van der Waals surface area contributed by atoms with Crippen LogP contribution in [0.4, 0.5) is 5.82 Å². The van der Waals surface area contributed by atoms with Gasteiger partial charge in [-0.3, -0.25) is 0 Å². The first-order valence-corrected chi connectivity index (χ1v) is 4.55. The van der Waals surface area contributed by atoms with E-state index < -0.39 is 0 Å². The predicted octanol–water partition coefficient (Wildman–Crippen LogP) is 2.00. The zero-order valence-corrected chi connectivity index (χ0v) is 7.43. The fourth-order valence-electron chi connectivity index (χ4n) is 1.75. The first kappa shape index (κ1) is 7.59. The van der Waals surface area contributed by atoms with Crippen molar-refractivity contribution in [1.29, 1.82) is 0 Å². The van der Waals surface area contributed by atoms with Gasteiger partial charge in [-0.15, -0.1) is 0 Å². The summed E-state index contributed by atoms with van der Waals surface area (Å²) < 4.78 is 0. The number of anilines is 1. The van der Waals surface area contributed by atoms with E-state index in [1.165, 1.54) is 36.8 Å². The normalized spacial score (nSPS) is 15.4. The Kier molecular flexibility index (Phi) is 1.98. The number of fused-ring (bicyclic) bond motifs is 1. The van der Waals surface area contributed by atoms with Crippen LogP contribution in [0.1, 0.15) is 24.0 Å². The van der Waals surface area contributed by atoms with Crippen molar-refractivity contribution in [1.82, 2.24) is 4.98 Å². The molecule has 0 saturated heterocycles. The third kappa shape index (κ3) is 1.29. The Morgan fingerprint density at radius 2 is 2.00 bits per heavy atom. The molecule has 2 heteroatoms. The Hall–Kier alpha value is -1.05. The molecule has 2 nitrogen and oxygen atoms in total. The molecule has 2 rings (SSSR count). The van der Waals surface area contributed by atoms with Crippen molar-refractivity contribution in [2.75, 3.05) is 12.4 Å². The zero-order valence-electron chi connectivity index (χ0n) is 7.43. The van der Waals surface area contributed by atoms with Crippen molar-refractivity contribution >= 4 is 5.82 Å². The maximum absolute atomic E-state index is 4.30. The molecular formula is C10H14N2. The number of hydrogen-bond donors (Lipinski definition) is 1. The average Bonchev–Trinajstić information content (AvgIpc) is 2.17. The molecule has 0 spiro atoms. The van der Waals surface area contributed by atoms with Crippen molar-refractivity contribution < 1.29 is 0 Å². The number of aromatic nitrogens is 1. The van der Waals surface area contributed by atoms with E-state index in [1.807, 2.05) is 13.2 Å². The maximum atomic E-state index is 4.30. The van der Waals surface area contributed by atoms with Crippen LogP contribution in [-0.4, -0.2) is 12.0 Å². The fourth-order valence-corrected chi connectivity index (χ4v) is 1.75. The van der Waals surface area contributed by atoms with E-state index in [1.54, 1.807) is 0 Å². The molecule has 0 aromatic carbocycles. The molecule has 0 bridgehead atoms. The second-order valence-electron chi connectivity index (χ2n) is 3.30. The van der Waals surface area contributed by atoms with Gasteiger partial charge in [-0.25, -0.2) is 4.98 Å². The molecule has 0 fully saturated rings. The van der Waals surface area contributed by atoms with E-state index in [0.29, 0.717) is 0 Å². The minimum atomic E-state index is 0.996. The largest absolute Gasteiger partial charge is 0.373 e. The quantitative estimate of drug-likeness (QED) is 0.683. The third-order valence-corrected chi connectivity index (χ3v) is 2.48. The van der Waals surface area contributed by atoms with Gasteiger partial charge in [0.2, 0.25) is 0 Å². The summed E-state index contributed by atoms with van der Waals surface area (Å²) >= 11 is 0. The third-order valence-electron chi connectivity index (χ3n) is 2.48. The van der Waals surface area contributed by atoms with Gasteiger partial charge in [0.05, 0.1) is 0 Å². The summed E-state index contributed by atoms with van der Waals surface area (Å²) in [7, 11) is 1.91. The minimum Gasteiger partial charge on any atom is -0.373 e. The molecular weight excluding hydrogens is 148 g/mol. The number of nitrogens with one attached hydrogen (secondary N) is 1. The van der Waals surface area contributed by atoms with Crippen LogP contribution in [0.25, 0.3) is 0 Å². The van der Waals surface area contributed by atoms with Gasteiger partial charge in [-0.1, -0.05) is 0 Å². The van der Waals surface area contributed by atoms with Crippen LogP contribution >= 0.6 is 0 Å². The lowest BCUT2D eigenvalue weighted by Crippen LogP contribution is -2.04. The Morgan fingerprint density at radius 3 is 2.75 bits per heavy atom.